The van der Waals surface area contributed by atoms with E-state index in [1.165, 1.54) is 13.8 Å². The standard InChI is InChI=1S/C9H17NO5/c1-9(2,15)5-6(11)8(14)10-4-3-7(12)13/h6,11,15H,3-5H2,1-2H3,(H,10,14)(H,12,13). The van der Waals surface area contributed by atoms with E-state index in [-0.39, 0.29) is 19.4 Å². The van der Waals surface area contributed by atoms with Crippen LogP contribution in [0, 0.1) is 0 Å². The van der Waals surface area contributed by atoms with E-state index in [1.807, 2.05) is 0 Å². The molecule has 4 N–H and O–H groups in total. The molecule has 0 rings (SSSR count). The van der Waals surface area contributed by atoms with E-state index >= 15 is 0 Å². The molecule has 1 unspecified atom stereocenters. The highest BCUT2D eigenvalue weighted by Crippen LogP contribution is 2.10. The van der Waals surface area contributed by atoms with E-state index in [0.717, 1.165) is 0 Å². The van der Waals surface area contributed by atoms with Crippen LogP contribution in [0.5, 0.6) is 0 Å². The number of carboxylic acid groups (broad SMARTS) is 1. The number of carboxylic acids is 1. The molecule has 0 fully saturated rings. The highest BCUT2D eigenvalue weighted by molar-refractivity contribution is 5.81. The molecule has 6 nitrogen and oxygen atoms in total. The van der Waals surface area contributed by atoms with Crippen molar-refractivity contribution in [2.45, 2.75) is 38.4 Å². The van der Waals surface area contributed by atoms with Gasteiger partial charge in [-0.2, -0.15) is 0 Å². The lowest BCUT2D eigenvalue weighted by atomic mass is 10.0. The number of hydrogen-bond donors (Lipinski definition) is 4. The molecule has 1 atom stereocenters. The lowest BCUT2D eigenvalue weighted by Crippen LogP contribution is -2.39. The maximum Gasteiger partial charge on any atom is 0.305 e. The Morgan fingerprint density at radius 2 is 1.93 bits per heavy atom. The van der Waals surface area contributed by atoms with E-state index in [1.54, 1.807) is 0 Å². The van der Waals surface area contributed by atoms with Gasteiger partial charge in [-0.3, -0.25) is 9.59 Å². The third kappa shape index (κ3) is 7.90. The van der Waals surface area contributed by atoms with Gasteiger partial charge in [0, 0.05) is 13.0 Å². The summed E-state index contributed by atoms with van der Waals surface area (Å²) in [5.41, 5.74) is -1.14. The average Bonchev–Trinajstić information content (AvgIpc) is 1.99. The number of carbonyl (C=O) groups is 2. The second-order valence-corrected chi connectivity index (χ2v) is 3.97. The van der Waals surface area contributed by atoms with Gasteiger partial charge in [-0.1, -0.05) is 0 Å². The molecule has 88 valence electrons. The molecule has 0 saturated heterocycles. The number of hydrogen-bond acceptors (Lipinski definition) is 4. The Hall–Kier alpha value is -1.14. The Labute approximate surface area is 87.9 Å². The van der Waals surface area contributed by atoms with Crippen LogP contribution in [0.3, 0.4) is 0 Å². The third-order valence-electron chi connectivity index (χ3n) is 1.63. The minimum atomic E-state index is -1.32. The van der Waals surface area contributed by atoms with Crippen LogP contribution >= 0.6 is 0 Å². The van der Waals surface area contributed by atoms with Gasteiger partial charge in [0.15, 0.2) is 0 Å². The summed E-state index contributed by atoms with van der Waals surface area (Å²) in [5.74, 6) is -1.69. The number of aliphatic carboxylic acids is 1. The first kappa shape index (κ1) is 13.9. The molecule has 0 saturated carbocycles. The molecule has 0 aromatic carbocycles. The van der Waals surface area contributed by atoms with Crippen molar-refractivity contribution in [1.82, 2.24) is 5.32 Å². The molecular formula is C9H17NO5. The fourth-order valence-electron chi connectivity index (χ4n) is 0.976. The van der Waals surface area contributed by atoms with Crippen molar-refractivity contribution < 1.29 is 24.9 Å². The predicted octanol–water partition coefficient (Wildman–Crippen LogP) is -0.901. The molecular weight excluding hydrogens is 202 g/mol. The number of carbonyl (C=O) groups excluding carboxylic acids is 1. The van der Waals surface area contributed by atoms with E-state index in [0.29, 0.717) is 0 Å². The maximum atomic E-state index is 11.1. The van der Waals surface area contributed by atoms with Gasteiger partial charge in [0.1, 0.15) is 6.10 Å². The van der Waals surface area contributed by atoms with Crippen molar-refractivity contribution in [3.8, 4) is 0 Å². The Morgan fingerprint density at radius 3 is 2.33 bits per heavy atom. The zero-order chi connectivity index (χ0) is 12.1. The van der Waals surface area contributed by atoms with Crippen LogP contribution in [0.4, 0.5) is 0 Å². The van der Waals surface area contributed by atoms with Crippen LogP contribution in [0.2, 0.25) is 0 Å². The lowest BCUT2D eigenvalue weighted by Gasteiger charge is -2.20. The average molecular weight is 219 g/mol. The monoisotopic (exact) mass is 219 g/mol. The van der Waals surface area contributed by atoms with Crippen molar-refractivity contribution in [2.75, 3.05) is 6.54 Å². The maximum absolute atomic E-state index is 11.1. The van der Waals surface area contributed by atoms with E-state index in [9.17, 15) is 19.8 Å². The van der Waals surface area contributed by atoms with Crippen LogP contribution in [-0.4, -0.2) is 45.4 Å². The van der Waals surface area contributed by atoms with Gasteiger partial charge in [-0.15, -0.1) is 0 Å². The van der Waals surface area contributed by atoms with Crippen molar-refractivity contribution in [3.63, 3.8) is 0 Å². The number of nitrogens with one attached hydrogen (secondary N) is 1. The van der Waals surface area contributed by atoms with Gasteiger partial charge in [-0.25, -0.2) is 0 Å². The van der Waals surface area contributed by atoms with Gasteiger partial charge < -0.3 is 20.6 Å². The molecule has 0 aliphatic rings. The minimum Gasteiger partial charge on any atom is -0.481 e. The first-order chi connectivity index (χ1) is 6.72. The summed E-state index contributed by atoms with van der Waals surface area (Å²) in [6.07, 6.45) is -1.61. The number of aliphatic hydroxyl groups excluding tert-OH is 1. The second-order valence-electron chi connectivity index (χ2n) is 3.97. The highest BCUT2D eigenvalue weighted by Gasteiger charge is 2.23. The fourth-order valence-corrected chi connectivity index (χ4v) is 0.976. The van der Waals surface area contributed by atoms with Gasteiger partial charge >= 0.3 is 5.97 Å². The van der Waals surface area contributed by atoms with Gasteiger partial charge in [0.25, 0.3) is 0 Å². The topological polar surface area (TPSA) is 107 Å². The normalized spacial score (nSPS) is 13.3. The molecule has 0 aliphatic heterocycles. The molecule has 0 spiro atoms. The number of aliphatic hydroxyl groups is 2. The molecule has 1 amide bonds. The summed E-state index contributed by atoms with van der Waals surface area (Å²) >= 11 is 0. The van der Waals surface area contributed by atoms with Crippen molar-refractivity contribution in [2.24, 2.45) is 0 Å². The third-order valence-corrected chi connectivity index (χ3v) is 1.63. The SMILES string of the molecule is CC(C)(O)CC(O)C(=O)NCCC(=O)O. The zero-order valence-electron chi connectivity index (χ0n) is 8.86. The molecule has 0 aliphatic carbocycles. The molecule has 0 bridgehead atoms. The van der Waals surface area contributed by atoms with Crippen molar-refractivity contribution >= 4 is 11.9 Å². The molecule has 6 heteroatoms. The van der Waals surface area contributed by atoms with Crippen LogP contribution in [-0.2, 0) is 9.59 Å². The predicted molar refractivity (Wildman–Crippen MR) is 52.2 cm³/mol. The van der Waals surface area contributed by atoms with Gasteiger partial charge in [0.2, 0.25) is 5.91 Å². The molecule has 15 heavy (non-hydrogen) atoms. The highest BCUT2D eigenvalue weighted by atomic mass is 16.4. The van der Waals surface area contributed by atoms with Crippen LogP contribution in [0.1, 0.15) is 26.7 Å². The summed E-state index contributed by atoms with van der Waals surface area (Å²) in [6.45, 7) is 2.92. The largest absolute Gasteiger partial charge is 0.481 e. The summed E-state index contributed by atoms with van der Waals surface area (Å²) in [5, 5.41) is 29.2. The summed E-state index contributed by atoms with van der Waals surface area (Å²) in [6, 6.07) is 0. The van der Waals surface area contributed by atoms with Crippen LogP contribution in [0.25, 0.3) is 0 Å². The first-order valence-electron chi connectivity index (χ1n) is 4.62. The zero-order valence-corrected chi connectivity index (χ0v) is 8.86. The molecule has 0 aromatic heterocycles. The van der Waals surface area contributed by atoms with Crippen LogP contribution < -0.4 is 5.32 Å². The van der Waals surface area contributed by atoms with Crippen molar-refractivity contribution in [1.29, 1.82) is 0 Å². The smallest absolute Gasteiger partial charge is 0.305 e. The van der Waals surface area contributed by atoms with Crippen LogP contribution in [0.15, 0.2) is 0 Å². The Balaban J connectivity index is 3.85. The summed E-state index contributed by atoms with van der Waals surface area (Å²) < 4.78 is 0. The second kappa shape index (κ2) is 5.67. The summed E-state index contributed by atoms with van der Waals surface area (Å²) in [7, 11) is 0. The molecule has 0 heterocycles. The lowest BCUT2D eigenvalue weighted by molar-refractivity contribution is -0.137. The van der Waals surface area contributed by atoms with E-state index in [2.05, 4.69) is 5.32 Å². The fraction of sp³-hybridized carbons (Fsp3) is 0.778. The minimum absolute atomic E-state index is 0.0307. The Bertz CT molecular complexity index is 233. The summed E-state index contributed by atoms with van der Waals surface area (Å²) in [4.78, 5) is 21.3. The first-order valence-corrected chi connectivity index (χ1v) is 4.62. The van der Waals surface area contributed by atoms with E-state index in [4.69, 9.17) is 5.11 Å². The van der Waals surface area contributed by atoms with Gasteiger partial charge in [-0.05, 0) is 13.8 Å². The Kier molecular flexibility index (Phi) is 5.24. The molecule has 0 aromatic rings. The van der Waals surface area contributed by atoms with Gasteiger partial charge in [0.05, 0.1) is 12.0 Å². The van der Waals surface area contributed by atoms with Crippen molar-refractivity contribution in [3.05, 3.63) is 0 Å². The Morgan fingerprint density at radius 1 is 1.40 bits per heavy atom. The van der Waals surface area contributed by atoms with E-state index < -0.39 is 23.6 Å². The number of rotatable bonds is 6. The molecule has 0 radical (unpaired) electrons. The number of amides is 1. The quantitative estimate of drug-likeness (QED) is 0.463.